The Kier molecular flexibility index (Phi) is 8.11. The van der Waals surface area contributed by atoms with Gasteiger partial charge in [-0.2, -0.15) is 0 Å². The number of amides is 2. The van der Waals surface area contributed by atoms with Crippen LogP contribution in [0.1, 0.15) is 37.0 Å². The van der Waals surface area contributed by atoms with Crippen LogP contribution >= 0.6 is 0 Å². The van der Waals surface area contributed by atoms with Crippen LogP contribution in [-0.4, -0.2) is 30.4 Å². The average Bonchev–Trinajstić information content (AvgIpc) is 2.71. The predicted octanol–water partition coefficient (Wildman–Crippen LogP) is 3.99. The maximum absolute atomic E-state index is 12.1. The van der Waals surface area contributed by atoms with Gasteiger partial charge in [0.15, 0.2) is 11.5 Å². The lowest BCUT2D eigenvalue weighted by Gasteiger charge is -2.14. The molecule has 0 aliphatic carbocycles. The molecule has 2 aromatic carbocycles. The van der Waals surface area contributed by atoms with Gasteiger partial charge in [-0.25, -0.2) is 10.3 Å². The summed E-state index contributed by atoms with van der Waals surface area (Å²) in [5, 5.41) is 11.2. The predicted molar refractivity (Wildman–Crippen MR) is 103 cm³/mol. The molecule has 150 valence electrons. The molecule has 8 nitrogen and oxygen atoms in total. The first-order valence-corrected chi connectivity index (χ1v) is 9.00. The van der Waals surface area contributed by atoms with Gasteiger partial charge < -0.3 is 14.2 Å². The first-order valence-electron chi connectivity index (χ1n) is 9.00. The van der Waals surface area contributed by atoms with E-state index in [1.807, 2.05) is 13.8 Å². The van der Waals surface area contributed by atoms with Crippen LogP contribution in [0.4, 0.5) is 10.5 Å². The lowest BCUT2D eigenvalue weighted by molar-refractivity contribution is 0.0706. The third kappa shape index (κ3) is 6.17. The van der Waals surface area contributed by atoms with Crippen LogP contribution in [0, 0.1) is 0 Å². The Morgan fingerprint density at radius 3 is 2.18 bits per heavy atom. The molecule has 0 heterocycles. The molecular weight excluding hydrogens is 364 g/mol. The molecule has 0 aliphatic heterocycles. The fourth-order valence-electron chi connectivity index (χ4n) is 2.23. The van der Waals surface area contributed by atoms with E-state index < -0.39 is 12.0 Å². The van der Waals surface area contributed by atoms with Gasteiger partial charge in [-0.3, -0.25) is 15.3 Å². The molecule has 0 radical (unpaired) electrons. The number of carbonyl (C=O) groups excluding carboxylic acids is 2. The number of rotatable bonds is 9. The molecule has 0 aliphatic rings. The van der Waals surface area contributed by atoms with Crippen LogP contribution < -0.4 is 25.0 Å². The summed E-state index contributed by atoms with van der Waals surface area (Å²) in [5.74, 6) is 0.781. The van der Waals surface area contributed by atoms with Crippen molar-refractivity contribution in [1.82, 2.24) is 5.48 Å². The summed E-state index contributed by atoms with van der Waals surface area (Å²) in [6.45, 7) is 5.09. The second kappa shape index (κ2) is 10.8. The summed E-state index contributed by atoms with van der Waals surface area (Å²) in [6, 6.07) is 10.9. The Morgan fingerprint density at radius 2 is 1.57 bits per heavy atom. The molecule has 2 amide bonds. The zero-order valence-corrected chi connectivity index (χ0v) is 15.9. The van der Waals surface area contributed by atoms with Gasteiger partial charge in [-0.1, -0.05) is 13.8 Å². The molecule has 8 heteroatoms. The normalized spacial score (nSPS) is 10.1. The molecule has 0 atom stereocenters. The number of hydrogen-bond acceptors (Lipinski definition) is 6. The largest absolute Gasteiger partial charge is 0.490 e. The van der Waals surface area contributed by atoms with Crippen molar-refractivity contribution in [2.45, 2.75) is 26.7 Å². The number of hydroxylamine groups is 1. The molecule has 0 aromatic heterocycles. The van der Waals surface area contributed by atoms with Gasteiger partial charge in [0.2, 0.25) is 0 Å². The molecule has 0 fully saturated rings. The molecule has 0 saturated heterocycles. The maximum atomic E-state index is 12.1. The molecule has 3 N–H and O–H groups in total. The van der Waals surface area contributed by atoms with E-state index in [1.165, 1.54) is 29.7 Å². The highest BCUT2D eigenvalue weighted by Crippen LogP contribution is 2.32. The molecule has 2 aromatic rings. The Hall–Kier alpha value is -3.26. The van der Waals surface area contributed by atoms with Crippen molar-refractivity contribution in [3.05, 3.63) is 48.0 Å². The van der Waals surface area contributed by atoms with E-state index in [2.05, 4.69) is 5.32 Å². The second-order valence-corrected chi connectivity index (χ2v) is 5.84. The number of nitrogens with one attached hydrogen (secondary N) is 2. The van der Waals surface area contributed by atoms with E-state index in [4.69, 9.17) is 19.4 Å². The van der Waals surface area contributed by atoms with E-state index in [1.54, 1.807) is 18.2 Å². The van der Waals surface area contributed by atoms with Gasteiger partial charge >= 0.3 is 6.09 Å². The molecule has 2 rings (SSSR count). The van der Waals surface area contributed by atoms with E-state index in [0.717, 1.165) is 12.8 Å². The Bertz CT molecular complexity index is 792. The van der Waals surface area contributed by atoms with Gasteiger partial charge in [0.05, 0.1) is 13.2 Å². The van der Waals surface area contributed by atoms with Crippen molar-refractivity contribution in [2.75, 3.05) is 18.5 Å². The minimum Gasteiger partial charge on any atom is -0.490 e. The van der Waals surface area contributed by atoms with E-state index in [0.29, 0.717) is 36.1 Å². The fourth-order valence-corrected chi connectivity index (χ4v) is 2.23. The quantitative estimate of drug-likeness (QED) is 0.443. The van der Waals surface area contributed by atoms with Crippen LogP contribution in [-0.2, 0) is 0 Å². The van der Waals surface area contributed by atoms with E-state index in [-0.39, 0.29) is 5.56 Å². The van der Waals surface area contributed by atoms with Crippen LogP contribution in [0.25, 0.3) is 0 Å². The van der Waals surface area contributed by atoms with Crippen molar-refractivity contribution < 1.29 is 29.0 Å². The maximum Gasteiger partial charge on any atom is 0.417 e. The summed E-state index contributed by atoms with van der Waals surface area (Å²) in [7, 11) is 0. The number of ether oxygens (including phenoxy) is 3. The smallest absolute Gasteiger partial charge is 0.417 e. The van der Waals surface area contributed by atoms with Gasteiger partial charge in [0.25, 0.3) is 5.91 Å². The van der Waals surface area contributed by atoms with Gasteiger partial charge in [0.1, 0.15) is 5.75 Å². The van der Waals surface area contributed by atoms with E-state index >= 15 is 0 Å². The summed E-state index contributed by atoms with van der Waals surface area (Å²) in [6.07, 6.45) is 1.01. The zero-order chi connectivity index (χ0) is 20.4. The first-order chi connectivity index (χ1) is 13.6. The van der Waals surface area contributed by atoms with Crippen LogP contribution in [0.15, 0.2) is 42.5 Å². The minimum absolute atomic E-state index is 0.252. The number of anilines is 1. The van der Waals surface area contributed by atoms with Gasteiger partial charge in [-0.05, 0) is 49.2 Å². The van der Waals surface area contributed by atoms with Crippen molar-refractivity contribution >= 4 is 17.7 Å². The number of hydrogen-bond donors (Lipinski definition) is 3. The average molecular weight is 388 g/mol. The highest BCUT2D eigenvalue weighted by atomic mass is 16.6. The molecule has 28 heavy (non-hydrogen) atoms. The first kappa shape index (κ1) is 21.0. The van der Waals surface area contributed by atoms with Gasteiger partial charge in [0, 0.05) is 17.3 Å². The molecule has 0 spiro atoms. The van der Waals surface area contributed by atoms with Crippen molar-refractivity contribution in [3.8, 4) is 17.2 Å². The van der Waals surface area contributed by atoms with Crippen LogP contribution in [0.2, 0.25) is 0 Å². The van der Waals surface area contributed by atoms with Gasteiger partial charge in [-0.15, -0.1) is 0 Å². The highest BCUT2D eigenvalue weighted by Gasteiger charge is 2.11. The summed E-state index contributed by atoms with van der Waals surface area (Å²) in [5.41, 5.74) is 2.22. The SMILES string of the molecule is CCCOc1ccc(OC(=O)Nc2ccc(C(=O)NO)cc2)cc1OCCC. The number of benzene rings is 2. The topological polar surface area (TPSA) is 106 Å². The van der Waals surface area contributed by atoms with Crippen molar-refractivity contribution in [1.29, 1.82) is 0 Å². The molecule has 0 bridgehead atoms. The Balaban J connectivity index is 2.02. The van der Waals surface area contributed by atoms with Crippen molar-refractivity contribution in [2.24, 2.45) is 0 Å². The van der Waals surface area contributed by atoms with E-state index in [9.17, 15) is 9.59 Å². The summed E-state index contributed by atoms with van der Waals surface area (Å²) >= 11 is 0. The standard InChI is InChI=1S/C20H24N2O6/c1-3-11-26-17-10-9-16(13-18(17)27-12-4-2)28-20(24)21-15-7-5-14(6-8-15)19(23)22-25/h5-10,13,25H,3-4,11-12H2,1-2H3,(H,21,24)(H,22,23). The van der Waals surface area contributed by atoms with Crippen LogP contribution in [0.5, 0.6) is 17.2 Å². The summed E-state index contributed by atoms with van der Waals surface area (Å²) < 4.78 is 16.6. The summed E-state index contributed by atoms with van der Waals surface area (Å²) in [4.78, 5) is 23.4. The molecule has 0 unspecified atom stereocenters. The molecular formula is C20H24N2O6. The second-order valence-electron chi connectivity index (χ2n) is 5.84. The monoisotopic (exact) mass is 388 g/mol. The van der Waals surface area contributed by atoms with Crippen LogP contribution in [0.3, 0.4) is 0 Å². The highest BCUT2D eigenvalue weighted by molar-refractivity contribution is 5.94. The van der Waals surface area contributed by atoms with Crippen molar-refractivity contribution in [3.63, 3.8) is 0 Å². The Labute approximate surface area is 163 Å². The number of carbonyl (C=O) groups is 2. The third-order valence-corrected chi connectivity index (χ3v) is 3.54. The molecule has 0 saturated carbocycles. The fraction of sp³-hybridized carbons (Fsp3) is 0.300. The third-order valence-electron chi connectivity index (χ3n) is 3.54. The zero-order valence-electron chi connectivity index (χ0n) is 15.9. The Morgan fingerprint density at radius 1 is 0.929 bits per heavy atom. The minimum atomic E-state index is -0.692. The lowest BCUT2D eigenvalue weighted by atomic mass is 10.2. The lowest BCUT2D eigenvalue weighted by Crippen LogP contribution is -2.19.